The Hall–Kier alpha value is -0.570. The van der Waals surface area contributed by atoms with Gasteiger partial charge in [0.05, 0.1) is 0 Å². The zero-order chi connectivity index (χ0) is 23.6. The average Bonchev–Trinajstić information content (AvgIpc) is 2.74. The maximum Gasteiger partial charge on any atom is 0.303 e. The molecule has 0 bridgehead atoms. The van der Waals surface area contributed by atoms with Gasteiger partial charge in [-0.2, -0.15) is 0 Å². The van der Waals surface area contributed by atoms with Gasteiger partial charge >= 0.3 is 5.97 Å². The molecule has 0 rings (SSSR count). The van der Waals surface area contributed by atoms with Crippen LogP contribution >= 0.6 is 0 Å². The normalized spacial score (nSPS) is 11.9. The van der Waals surface area contributed by atoms with Crippen LogP contribution in [0, 0.1) is 0 Å². The van der Waals surface area contributed by atoms with Gasteiger partial charge in [-0.3, -0.25) is 4.79 Å². The third kappa shape index (κ3) is 29.4. The molecule has 0 aliphatic rings. The molecule has 1 N–H and O–H groups in total. The molecule has 0 aliphatic heterocycles. The quantitative estimate of drug-likeness (QED) is 0.170. The summed E-state index contributed by atoms with van der Waals surface area (Å²) in [6.07, 6.45) is 27.3. The molecular formula is C28H59NO2. The maximum absolute atomic E-state index is 10.0. The second-order valence-electron chi connectivity index (χ2n) is 9.64. The zero-order valence-electron chi connectivity index (χ0n) is 22.2. The number of unbranched alkanes of at least 4 members (excludes halogenated alkanes) is 15. The summed E-state index contributed by atoms with van der Waals surface area (Å²) in [6.45, 7) is 6.74. The number of carboxylic acids is 1. The van der Waals surface area contributed by atoms with E-state index in [1.54, 1.807) is 0 Å². The first kappa shape index (κ1) is 32.6. The van der Waals surface area contributed by atoms with Crippen LogP contribution < -0.4 is 0 Å². The minimum Gasteiger partial charge on any atom is -0.481 e. The number of hydrogen-bond acceptors (Lipinski definition) is 2. The van der Waals surface area contributed by atoms with Gasteiger partial charge in [-0.1, -0.05) is 130 Å². The van der Waals surface area contributed by atoms with Crippen molar-refractivity contribution in [3.63, 3.8) is 0 Å². The first-order valence-corrected chi connectivity index (χ1v) is 13.9. The van der Waals surface area contributed by atoms with Crippen molar-refractivity contribution < 1.29 is 9.90 Å². The van der Waals surface area contributed by atoms with Crippen LogP contribution in [0.2, 0.25) is 0 Å². The van der Waals surface area contributed by atoms with Crippen molar-refractivity contribution in [3.8, 4) is 0 Å². The molecule has 0 aromatic rings. The van der Waals surface area contributed by atoms with Gasteiger partial charge in [0.25, 0.3) is 0 Å². The SMILES string of the molecule is CCCCCCCC(=O)O.CCCCCCCCCC(CCCCCCCC)N(C)C. The predicted octanol–water partition coefficient (Wildman–Crippen LogP) is 9.24. The van der Waals surface area contributed by atoms with E-state index in [9.17, 15) is 4.79 Å². The molecule has 31 heavy (non-hydrogen) atoms. The first-order valence-electron chi connectivity index (χ1n) is 13.9. The number of hydrogen-bond donors (Lipinski definition) is 1. The van der Waals surface area contributed by atoms with E-state index in [4.69, 9.17) is 5.11 Å². The number of nitrogens with zero attached hydrogens (tertiary/aromatic N) is 1. The first-order chi connectivity index (χ1) is 15.0. The third-order valence-electron chi connectivity index (χ3n) is 6.26. The van der Waals surface area contributed by atoms with Gasteiger partial charge in [-0.05, 0) is 33.4 Å². The third-order valence-corrected chi connectivity index (χ3v) is 6.26. The molecule has 1 unspecified atom stereocenters. The molecule has 0 heterocycles. The highest BCUT2D eigenvalue weighted by molar-refractivity contribution is 5.66. The topological polar surface area (TPSA) is 40.5 Å². The summed E-state index contributed by atoms with van der Waals surface area (Å²) >= 11 is 0. The highest BCUT2D eigenvalue weighted by Gasteiger charge is 2.10. The lowest BCUT2D eigenvalue weighted by Gasteiger charge is -2.24. The van der Waals surface area contributed by atoms with E-state index >= 15 is 0 Å². The van der Waals surface area contributed by atoms with Crippen LogP contribution in [0.5, 0.6) is 0 Å². The zero-order valence-corrected chi connectivity index (χ0v) is 22.2. The number of rotatable bonds is 22. The molecule has 0 aromatic heterocycles. The van der Waals surface area contributed by atoms with E-state index < -0.39 is 5.97 Å². The van der Waals surface area contributed by atoms with Crippen LogP contribution in [0.25, 0.3) is 0 Å². The molecule has 0 aromatic carbocycles. The molecule has 0 aliphatic carbocycles. The van der Waals surface area contributed by atoms with Crippen LogP contribution in [0.4, 0.5) is 0 Å². The Bertz CT molecular complexity index is 344. The van der Waals surface area contributed by atoms with Gasteiger partial charge in [-0.25, -0.2) is 0 Å². The fourth-order valence-electron chi connectivity index (χ4n) is 4.04. The summed E-state index contributed by atoms with van der Waals surface area (Å²) < 4.78 is 0. The summed E-state index contributed by atoms with van der Waals surface area (Å²) in [5, 5.41) is 8.27. The molecule has 0 amide bonds. The van der Waals surface area contributed by atoms with E-state index in [1.807, 2.05) is 0 Å². The maximum atomic E-state index is 10.0. The largest absolute Gasteiger partial charge is 0.481 e. The predicted molar refractivity (Wildman–Crippen MR) is 139 cm³/mol. The lowest BCUT2D eigenvalue weighted by atomic mass is 9.99. The van der Waals surface area contributed by atoms with Gasteiger partial charge in [0.15, 0.2) is 0 Å². The molecule has 0 saturated carbocycles. The van der Waals surface area contributed by atoms with Crippen molar-refractivity contribution in [2.45, 2.75) is 162 Å². The lowest BCUT2D eigenvalue weighted by molar-refractivity contribution is -0.137. The second-order valence-corrected chi connectivity index (χ2v) is 9.64. The van der Waals surface area contributed by atoms with E-state index in [0.717, 1.165) is 18.9 Å². The van der Waals surface area contributed by atoms with E-state index in [2.05, 4.69) is 39.8 Å². The van der Waals surface area contributed by atoms with Crippen LogP contribution in [-0.4, -0.2) is 36.1 Å². The Kier molecular flexibility index (Phi) is 28.9. The van der Waals surface area contributed by atoms with E-state index in [0.29, 0.717) is 6.42 Å². The van der Waals surface area contributed by atoms with E-state index in [-0.39, 0.29) is 0 Å². The van der Waals surface area contributed by atoms with Crippen molar-refractivity contribution in [2.75, 3.05) is 14.1 Å². The minimum atomic E-state index is -0.670. The van der Waals surface area contributed by atoms with Crippen LogP contribution in [0.1, 0.15) is 156 Å². The average molecular weight is 442 g/mol. The summed E-state index contributed by atoms with van der Waals surface area (Å²) in [4.78, 5) is 12.5. The van der Waals surface area contributed by atoms with Crippen molar-refractivity contribution >= 4 is 5.97 Å². The Morgan fingerprint density at radius 2 is 0.903 bits per heavy atom. The molecule has 0 saturated heterocycles. The molecular weight excluding hydrogens is 382 g/mol. The molecule has 3 heteroatoms. The molecule has 0 fully saturated rings. The molecule has 0 radical (unpaired) electrons. The standard InChI is InChI=1S/C20H43N.C8H16O2/c1-5-7-9-11-13-15-17-19-20(21(3)4)18-16-14-12-10-8-6-2;1-2-3-4-5-6-7-8(9)10/h20H,5-19H2,1-4H3;2-7H2,1H3,(H,9,10). The van der Waals surface area contributed by atoms with Crippen molar-refractivity contribution in [1.29, 1.82) is 0 Å². The fraction of sp³-hybridized carbons (Fsp3) is 0.964. The summed E-state index contributed by atoms with van der Waals surface area (Å²) in [5.41, 5.74) is 0. The Balaban J connectivity index is 0. The number of aliphatic carboxylic acids is 1. The minimum absolute atomic E-state index is 0.337. The molecule has 3 nitrogen and oxygen atoms in total. The Morgan fingerprint density at radius 1 is 0.581 bits per heavy atom. The van der Waals surface area contributed by atoms with Gasteiger partial charge in [0.2, 0.25) is 0 Å². The summed E-state index contributed by atoms with van der Waals surface area (Å²) in [5.74, 6) is -0.670. The van der Waals surface area contributed by atoms with Crippen LogP contribution in [0.3, 0.4) is 0 Å². The van der Waals surface area contributed by atoms with Crippen molar-refractivity contribution in [1.82, 2.24) is 4.90 Å². The van der Waals surface area contributed by atoms with Crippen LogP contribution in [0.15, 0.2) is 0 Å². The number of carbonyl (C=O) groups is 1. The second kappa shape index (κ2) is 27.5. The van der Waals surface area contributed by atoms with Gasteiger partial charge < -0.3 is 10.0 Å². The smallest absolute Gasteiger partial charge is 0.303 e. The summed E-state index contributed by atoms with van der Waals surface area (Å²) in [7, 11) is 4.53. The highest BCUT2D eigenvalue weighted by Crippen LogP contribution is 2.17. The van der Waals surface area contributed by atoms with Crippen molar-refractivity contribution in [2.24, 2.45) is 0 Å². The Labute approximate surface area is 196 Å². The van der Waals surface area contributed by atoms with Crippen molar-refractivity contribution in [3.05, 3.63) is 0 Å². The van der Waals surface area contributed by atoms with Gasteiger partial charge in [-0.15, -0.1) is 0 Å². The van der Waals surface area contributed by atoms with Gasteiger partial charge in [0, 0.05) is 12.5 Å². The fourth-order valence-corrected chi connectivity index (χ4v) is 4.04. The van der Waals surface area contributed by atoms with E-state index in [1.165, 1.54) is 116 Å². The summed E-state index contributed by atoms with van der Waals surface area (Å²) in [6, 6.07) is 0.826. The highest BCUT2D eigenvalue weighted by atomic mass is 16.4. The lowest BCUT2D eigenvalue weighted by Crippen LogP contribution is -2.27. The molecule has 188 valence electrons. The van der Waals surface area contributed by atoms with Crippen LogP contribution in [-0.2, 0) is 4.79 Å². The molecule has 0 spiro atoms. The molecule has 1 atom stereocenters. The van der Waals surface area contributed by atoms with Gasteiger partial charge in [0.1, 0.15) is 0 Å². The monoisotopic (exact) mass is 441 g/mol. The number of carboxylic acid groups (broad SMARTS) is 1. The Morgan fingerprint density at radius 3 is 1.23 bits per heavy atom.